The molecule has 0 aromatic heterocycles. The molecule has 0 radical (unpaired) electrons. The molecule has 2 aliphatic heterocycles. The third-order valence-corrected chi connectivity index (χ3v) is 3.07. The lowest BCUT2D eigenvalue weighted by atomic mass is 9.91. The van der Waals surface area contributed by atoms with E-state index in [-0.39, 0.29) is 18.6 Å². The van der Waals surface area contributed by atoms with Crippen LogP contribution in [0.5, 0.6) is 0 Å². The van der Waals surface area contributed by atoms with Gasteiger partial charge in [0, 0.05) is 6.42 Å². The molecule has 1 nitrogen and oxygen atoms in total. The van der Waals surface area contributed by atoms with E-state index in [2.05, 4.69) is 0 Å². The van der Waals surface area contributed by atoms with Crippen LogP contribution in [0.2, 0.25) is 0 Å². The number of hydrogen-bond donors (Lipinski definition) is 0. The van der Waals surface area contributed by atoms with E-state index in [1.807, 2.05) is 6.08 Å². The topological polar surface area (TPSA) is 9.23 Å². The first-order valence-corrected chi connectivity index (χ1v) is 3.86. The van der Waals surface area contributed by atoms with Crippen molar-refractivity contribution in [1.29, 1.82) is 0 Å². The molecular weight excluding hydrogens is 150 g/mol. The second-order valence-electron chi connectivity index (χ2n) is 3.72. The van der Waals surface area contributed by atoms with E-state index in [0.717, 1.165) is 0 Å². The Hall–Kier alpha value is -0.440. The summed E-state index contributed by atoms with van der Waals surface area (Å²) >= 11 is 0. The Morgan fingerprint density at radius 1 is 1.36 bits per heavy atom. The van der Waals surface area contributed by atoms with E-state index >= 15 is 0 Å². The second-order valence-corrected chi connectivity index (χ2v) is 3.72. The Balaban J connectivity index is 1.99. The van der Waals surface area contributed by atoms with Crippen LogP contribution in [0.25, 0.3) is 0 Å². The number of hydrogen-bond acceptors (Lipinski definition) is 1. The number of alkyl halides is 2. The summed E-state index contributed by atoms with van der Waals surface area (Å²) in [4.78, 5) is 0. The van der Waals surface area contributed by atoms with Crippen LogP contribution >= 0.6 is 0 Å². The molecule has 1 spiro atoms. The molecule has 1 saturated carbocycles. The quantitative estimate of drug-likeness (QED) is 0.488. The predicted octanol–water partition coefficient (Wildman–Crippen LogP) is 1.74. The molecular formula is C8H8F2O. The van der Waals surface area contributed by atoms with Gasteiger partial charge in [-0.3, -0.25) is 0 Å². The van der Waals surface area contributed by atoms with E-state index in [0.29, 0.717) is 6.42 Å². The van der Waals surface area contributed by atoms with Crippen molar-refractivity contribution in [1.82, 2.24) is 0 Å². The second kappa shape index (κ2) is 1.38. The Morgan fingerprint density at radius 2 is 2.09 bits per heavy atom. The minimum absolute atomic E-state index is 0.0200. The van der Waals surface area contributed by atoms with Crippen molar-refractivity contribution in [2.24, 2.45) is 5.41 Å². The van der Waals surface area contributed by atoms with Crippen LogP contribution in [0.3, 0.4) is 0 Å². The van der Waals surface area contributed by atoms with Gasteiger partial charge in [-0.1, -0.05) is 12.2 Å². The first-order valence-electron chi connectivity index (χ1n) is 3.86. The van der Waals surface area contributed by atoms with Crippen LogP contribution in [-0.2, 0) is 4.74 Å². The third-order valence-electron chi connectivity index (χ3n) is 3.07. The summed E-state index contributed by atoms with van der Waals surface area (Å²) in [6.45, 7) is 0. The Bertz CT molecular complexity index is 248. The summed E-state index contributed by atoms with van der Waals surface area (Å²) in [5.41, 5.74) is -0.785. The van der Waals surface area contributed by atoms with Gasteiger partial charge in [0.25, 0.3) is 5.92 Å². The molecule has 0 aromatic carbocycles. The van der Waals surface area contributed by atoms with Gasteiger partial charge >= 0.3 is 0 Å². The summed E-state index contributed by atoms with van der Waals surface area (Å²) in [5, 5.41) is 0. The molecule has 0 N–H and O–H groups in total. The molecule has 0 aromatic rings. The van der Waals surface area contributed by atoms with Crippen LogP contribution < -0.4 is 0 Å². The average Bonchev–Trinajstić information content (AvgIpc) is 2.37. The molecule has 3 heteroatoms. The summed E-state index contributed by atoms with van der Waals surface area (Å²) in [6.07, 6.45) is 3.93. The van der Waals surface area contributed by atoms with E-state index in [9.17, 15) is 8.78 Å². The molecule has 3 atom stereocenters. The minimum Gasteiger partial charge on any atom is -0.366 e. The number of halogens is 2. The fourth-order valence-corrected chi connectivity index (χ4v) is 2.29. The first-order chi connectivity index (χ1) is 5.14. The van der Waals surface area contributed by atoms with Crippen molar-refractivity contribution in [3.63, 3.8) is 0 Å². The van der Waals surface area contributed by atoms with Crippen LogP contribution in [-0.4, -0.2) is 18.1 Å². The number of fused-ring (bicyclic) bond motifs is 3. The van der Waals surface area contributed by atoms with Gasteiger partial charge in [0.15, 0.2) is 0 Å². The molecule has 3 aliphatic rings. The standard InChI is InChI=1S/C8H8F2O/c9-8(10)4-7(8)3-5-1-2-6(7)11-5/h1-2,5-6H,3-4H2/t5-,6+,7-/m0/s1. The lowest BCUT2D eigenvalue weighted by Crippen LogP contribution is -2.21. The highest BCUT2D eigenvalue weighted by Gasteiger charge is 2.77. The van der Waals surface area contributed by atoms with Gasteiger partial charge in [-0.2, -0.15) is 0 Å². The van der Waals surface area contributed by atoms with Crippen molar-refractivity contribution < 1.29 is 13.5 Å². The SMILES string of the molecule is FC1(F)C[C@]12C[C@@H]1C=C[C@H]2O1. The van der Waals surface area contributed by atoms with Crippen LogP contribution in [0.1, 0.15) is 12.8 Å². The molecule has 60 valence electrons. The van der Waals surface area contributed by atoms with Crippen LogP contribution in [0.4, 0.5) is 8.78 Å². The van der Waals surface area contributed by atoms with Crippen molar-refractivity contribution in [3.05, 3.63) is 12.2 Å². The maximum Gasteiger partial charge on any atom is 0.257 e. The van der Waals surface area contributed by atoms with Gasteiger partial charge in [0.1, 0.15) is 0 Å². The molecule has 2 fully saturated rings. The molecule has 3 rings (SSSR count). The Labute approximate surface area is 63.0 Å². The highest BCUT2D eigenvalue weighted by Crippen LogP contribution is 2.70. The first kappa shape index (κ1) is 6.12. The lowest BCUT2D eigenvalue weighted by molar-refractivity contribution is 0.0335. The number of ether oxygens (including phenoxy) is 1. The summed E-state index contributed by atoms with van der Waals surface area (Å²) in [6, 6.07) is 0. The van der Waals surface area contributed by atoms with Crippen LogP contribution in [0, 0.1) is 5.41 Å². The largest absolute Gasteiger partial charge is 0.366 e. The lowest BCUT2D eigenvalue weighted by Gasteiger charge is -2.13. The van der Waals surface area contributed by atoms with Crippen molar-refractivity contribution >= 4 is 0 Å². The predicted molar refractivity (Wildman–Crippen MR) is 34.4 cm³/mol. The van der Waals surface area contributed by atoms with Crippen molar-refractivity contribution in [2.45, 2.75) is 31.0 Å². The van der Waals surface area contributed by atoms with Gasteiger partial charge in [0.2, 0.25) is 0 Å². The molecule has 2 heterocycles. The summed E-state index contributed by atoms with van der Waals surface area (Å²) in [7, 11) is 0. The van der Waals surface area contributed by atoms with Gasteiger partial charge in [-0.25, -0.2) is 8.78 Å². The Morgan fingerprint density at radius 3 is 2.36 bits per heavy atom. The zero-order valence-corrected chi connectivity index (χ0v) is 5.89. The van der Waals surface area contributed by atoms with Gasteiger partial charge in [-0.15, -0.1) is 0 Å². The minimum atomic E-state index is -2.45. The third kappa shape index (κ3) is 0.515. The summed E-state index contributed by atoms with van der Waals surface area (Å²) in [5.74, 6) is -2.45. The maximum atomic E-state index is 12.8. The fourth-order valence-electron chi connectivity index (χ4n) is 2.29. The van der Waals surface area contributed by atoms with E-state index in [4.69, 9.17) is 4.74 Å². The molecule has 1 saturated heterocycles. The van der Waals surface area contributed by atoms with Crippen molar-refractivity contribution in [3.8, 4) is 0 Å². The fraction of sp³-hybridized carbons (Fsp3) is 0.750. The van der Waals surface area contributed by atoms with E-state index < -0.39 is 11.3 Å². The van der Waals surface area contributed by atoms with Gasteiger partial charge < -0.3 is 4.74 Å². The average molecular weight is 158 g/mol. The normalized spacial score (nSPS) is 55.8. The maximum absolute atomic E-state index is 12.8. The Kier molecular flexibility index (Phi) is 0.765. The van der Waals surface area contributed by atoms with Gasteiger partial charge in [-0.05, 0) is 6.42 Å². The molecule has 0 unspecified atom stereocenters. The zero-order valence-electron chi connectivity index (χ0n) is 5.89. The van der Waals surface area contributed by atoms with Gasteiger partial charge in [0.05, 0.1) is 17.6 Å². The molecule has 11 heavy (non-hydrogen) atoms. The molecule has 2 bridgehead atoms. The molecule has 1 aliphatic carbocycles. The van der Waals surface area contributed by atoms with E-state index in [1.54, 1.807) is 6.08 Å². The highest BCUT2D eigenvalue weighted by molar-refractivity contribution is 5.28. The van der Waals surface area contributed by atoms with E-state index in [1.165, 1.54) is 0 Å². The number of rotatable bonds is 0. The summed E-state index contributed by atoms with van der Waals surface area (Å²) < 4.78 is 31.0. The monoisotopic (exact) mass is 158 g/mol. The zero-order chi connectivity index (χ0) is 7.69. The van der Waals surface area contributed by atoms with Crippen LogP contribution in [0.15, 0.2) is 12.2 Å². The molecule has 0 amide bonds. The highest BCUT2D eigenvalue weighted by atomic mass is 19.3. The smallest absolute Gasteiger partial charge is 0.257 e. The van der Waals surface area contributed by atoms with Crippen molar-refractivity contribution in [2.75, 3.05) is 0 Å².